The molecule has 1 aliphatic heterocycles. The largest absolute Gasteiger partial charge is 0.390 e. The van der Waals surface area contributed by atoms with Crippen LogP contribution in [0, 0.1) is 0 Å². The molecule has 1 aliphatic rings. The normalized spacial score (nSPS) is 19.0. The van der Waals surface area contributed by atoms with E-state index >= 15 is 0 Å². The first-order valence-corrected chi connectivity index (χ1v) is 9.14. The average molecular weight is 333 g/mol. The molecule has 0 radical (unpaired) electrons. The van der Waals surface area contributed by atoms with E-state index in [1.54, 1.807) is 0 Å². The van der Waals surface area contributed by atoms with Crippen LogP contribution in [-0.4, -0.2) is 42.8 Å². The molecule has 2 atom stereocenters. The Kier molecular flexibility index (Phi) is 8.22. The molecule has 0 saturated carbocycles. The van der Waals surface area contributed by atoms with Crippen LogP contribution in [0.3, 0.4) is 0 Å². The second kappa shape index (κ2) is 10.4. The van der Waals surface area contributed by atoms with Crippen molar-refractivity contribution in [3.63, 3.8) is 0 Å². The molecule has 24 heavy (non-hydrogen) atoms. The summed E-state index contributed by atoms with van der Waals surface area (Å²) in [5, 5.41) is 19.4. The highest BCUT2D eigenvalue weighted by Gasteiger charge is 2.16. The van der Waals surface area contributed by atoms with Crippen molar-refractivity contribution in [2.75, 3.05) is 19.6 Å². The van der Waals surface area contributed by atoms with Gasteiger partial charge < -0.3 is 21.1 Å². The molecule has 1 aromatic rings. The van der Waals surface area contributed by atoms with Crippen molar-refractivity contribution >= 4 is 5.91 Å². The molecule has 5 nitrogen and oxygen atoms in total. The van der Waals surface area contributed by atoms with Gasteiger partial charge in [-0.15, -0.1) is 0 Å². The molecule has 1 saturated heterocycles. The molecule has 5 heteroatoms. The number of hydrogen-bond donors (Lipinski definition) is 4. The van der Waals surface area contributed by atoms with Crippen LogP contribution in [0.2, 0.25) is 0 Å². The molecule has 1 aromatic carbocycles. The van der Waals surface area contributed by atoms with Crippen LogP contribution in [0.4, 0.5) is 0 Å². The highest BCUT2D eigenvalue weighted by Crippen LogP contribution is 2.09. The lowest BCUT2D eigenvalue weighted by Gasteiger charge is -2.23. The number of amides is 1. The van der Waals surface area contributed by atoms with E-state index in [0.29, 0.717) is 25.6 Å². The highest BCUT2D eigenvalue weighted by molar-refractivity contribution is 5.76. The summed E-state index contributed by atoms with van der Waals surface area (Å²) in [6, 6.07) is 8.73. The fourth-order valence-corrected chi connectivity index (χ4v) is 3.04. The summed E-state index contributed by atoms with van der Waals surface area (Å²) >= 11 is 0. The minimum Gasteiger partial charge on any atom is -0.390 e. The van der Waals surface area contributed by atoms with Gasteiger partial charge in [-0.25, -0.2) is 0 Å². The fraction of sp³-hybridized carbons (Fsp3) is 0.632. The summed E-state index contributed by atoms with van der Waals surface area (Å²) in [5.74, 6) is 0.0177. The minimum absolute atomic E-state index is 0.0177. The van der Waals surface area contributed by atoms with Crippen LogP contribution in [-0.2, 0) is 17.8 Å². The molecule has 0 spiro atoms. The second-order valence-electron chi connectivity index (χ2n) is 6.61. The third-order valence-corrected chi connectivity index (χ3v) is 4.49. The lowest BCUT2D eigenvalue weighted by Crippen LogP contribution is -2.42. The van der Waals surface area contributed by atoms with Gasteiger partial charge in [-0.05, 0) is 36.9 Å². The quantitative estimate of drug-likeness (QED) is 0.550. The number of rotatable bonds is 9. The summed E-state index contributed by atoms with van der Waals surface area (Å²) < 4.78 is 0. The molecule has 0 bridgehead atoms. The predicted molar refractivity (Wildman–Crippen MR) is 96.8 cm³/mol. The molecule has 0 aromatic heterocycles. The predicted octanol–water partition coefficient (Wildman–Crippen LogP) is 1.35. The third kappa shape index (κ3) is 6.99. The van der Waals surface area contributed by atoms with Crippen molar-refractivity contribution < 1.29 is 9.90 Å². The van der Waals surface area contributed by atoms with Gasteiger partial charge >= 0.3 is 0 Å². The summed E-state index contributed by atoms with van der Waals surface area (Å²) in [6.07, 6.45) is 4.42. The number of hydrogen-bond acceptors (Lipinski definition) is 4. The first kappa shape index (κ1) is 18.9. The van der Waals surface area contributed by atoms with Gasteiger partial charge in [-0.1, -0.05) is 37.6 Å². The van der Waals surface area contributed by atoms with Crippen molar-refractivity contribution in [1.82, 2.24) is 16.0 Å². The van der Waals surface area contributed by atoms with Crippen molar-refractivity contribution in [2.45, 2.75) is 57.7 Å². The van der Waals surface area contributed by atoms with E-state index in [0.717, 1.165) is 25.9 Å². The molecular formula is C19H31N3O2. The zero-order valence-electron chi connectivity index (χ0n) is 14.7. The maximum atomic E-state index is 11.9. The monoisotopic (exact) mass is 333 g/mol. The number of aliphatic hydroxyl groups is 1. The zero-order chi connectivity index (χ0) is 17.2. The highest BCUT2D eigenvalue weighted by atomic mass is 16.3. The minimum atomic E-state index is -0.567. The first-order chi connectivity index (χ1) is 11.7. The molecule has 134 valence electrons. The second-order valence-corrected chi connectivity index (χ2v) is 6.61. The number of aryl methyl sites for hydroxylation is 1. The van der Waals surface area contributed by atoms with Crippen LogP contribution in [0.5, 0.6) is 0 Å². The number of benzene rings is 1. The van der Waals surface area contributed by atoms with Crippen LogP contribution >= 0.6 is 0 Å². The Morgan fingerprint density at radius 3 is 2.92 bits per heavy atom. The van der Waals surface area contributed by atoms with E-state index in [4.69, 9.17) is 0 Å². The molecule has 0 aliphatic carbocycles. The SMILES string of the molecule is CCc1cccc(CNCC(O)CNC(=O)CC2CCCCN2)c1. The van der Waals surface area contributed by atoms with Crippen LogP contribution in [0.1, 0.15) is 43.7 Å². The number of carbonyl (C=O) groups excluding carboxylic acids is 1. The molecule has 2 unspecified atom stereocenters. The zero-order valence-corrected chi connectivity index (χ0v) is 14.7. The molecule has 2 rings (SSSR count). The van der Waals surface area contributed by atoms with Gasteiger partial charge in [0, 0.05) is 32.1 Å². The van der Waals surface area contributed by atoms with Crippen LogP contribution < -0.4 is 16.0 Å². The lowest BCUT2D eigenvalue weighted by molar-refractivity contribution is -0.122. The third-order valence-electron chi connectivity index (χ3n) is 4.49. The van der Waals surface area contributed by atoms with Gasteiger partial charge in [-0.2, -0.15) is 0 Å². The topological polar surface area (TPSA) is 73.4 Å². The van der Waals surface area contributed by atoms with Gasteiger partial charge in [0.1, 0.15) is 0 Å². The van der Waals surface area contributed by atoms with Crippen LogP contribution in [0.15, 0.2) is 24.3 Å². The summed E-state index contributed by atoms with van der Waals surface area (Å²) in [7, 11) is 0. The van der Waals surface area contributed by atoms with Crippen molar-refractivity contribution in [1.29, 1.82) is 0 Å². The Bertz CT molecular complexity index is 501. The van der Waals surface area contributed by atoms with E-state index in [2.05, 4.69) is 47.1 Å². The molecule has 1 heterocycles. The number of carbonyl (C=O) groups is 1. The van der Waals surface area contributed by atoms with Gasteiger partial charge in [0.2, 0.25) is 5.91 Å². The van der Waals surface area contributed by atoms with E-state index < -0.39 is 6.10 Å². The molecular weight excluding hydrogens is 302 g/mol. The van der Waals surface area contributed by atoms with Crippen molar-refractivity contribution in [2.24, 2.45) is 0 Å². The van der Waals surface area contributed by atoms with Gasteiger partial charge in [0.25, 0.3) is 0 Å². The van der Waals surface area contributed by atoms with Crippen molar-refractivity contribution in [3.8, 4) is 0 Å². The van der Waals surface area contributed by atoms with E-state index in [1.807, 2.05) is 0 Å². The van der Waals surface area contributed by atoms with E-state index in [1.165, 1.54) is 24.0 Å². The standard InChI is InChI=1S/C19H31N3O2/c1-2-15-6-5-7-16(10-15)12-20-13-18(23)14-22-19(24)11-17-8-3-4-9-21-17/h5-7,10,17-18,20-21,23H,2-4,8-9,11-14H2,1H3,(H,22,24). The van der Waals surface area contributed by atoms with Crippen molar-refractivity contribution in [3.05, 3.63) is 35.4 Å². The Labute approximate surface area is 145 Å². The van der Waals surface area contributed by atoms with E-state index in [9.17, 15) is 9.90 Å². The Morgan fingerprint density at radius 2 is 2.17 bits per heavy atom. The average Bonchev–Trinajstić information content (AvgIpc) is 2.61. The summed E-state index contributed by atoms with van der Waals surface area (Å²) in [5.41, 5.74) is 2.53. The fourth-order valence-electron chi connectivity index (χ4n) is 3.04. The summed E-state index contributed by atoms with van der Waals surface area (Å²) in [6.45, 7) is 4.64. The Morgan fingerprint density at radius 1 is 1.33 bits per heavy atom. The van der Waals surface area contributed by atoms with Gasteiger partial charge in [0.15, 0.2) is 0 Å². The van der Waals surface area contributed by atoms with Gasteiger partial charge in [0.05, 0.1) is 6.10 Å². The smallest absolute Gasteiger partial charge is 0.221 e. The first-order valence-electron chi connectivity index (χ1n) is 9.14. The molecule has 1 fully saturated rings. The van der Waals surface area contributed by atoms with Gasteiger partial charge in [-0.3, -0.25) is 4.79 Å². The van der Waals surface area contributed by atoms with E-state index in [-0.39, 0.29) is 5.91 Å². The number of aliphatic hydroxyl groups excluding tert-OH is 1. The summed E-state index contributed by atoms with van der Waals surface area (Å²) in [4.78, 5) is 11.9. The maximum Gasteiger partial charge on any atom is 0.221 e. The van der Waals surface area contributed by atoms with Crippen LogP contribution in [0.25, 0.3) is 0 Å². The Balaban J connectivity index is 1.58. The maximum absolute atomic E-state index is 11.9. The molecule has 4 N–H and O–H groups in total. The lowest BCUT2D eigenvalue weighted by atomic mass is 10.0. The molecule has 1 amide bonds. The Hall–Kier alpha value is -1.43. The number of nitrogens with one attached hydrogen (secondary N) is 3. The number of piperidine rings is 1.